The molecule has 3 rings (SSSR count). The highest BCUT2D eigenvalue weighted by Crippen LogP contribution is 2.22. The number of halogens is 1. The van der Waals surface area contributed by atoms with Gasteiger partial charge in [0.25, 0.3) is 5.91 Å². The van der Waals surface area contributed by atoms with E-state index >= 15 is 0 Å². The van der Waals surface area contributed by atoms with Crippen LogP contribution in [-0.2, 0) is 14.8 Å². The lowest BCUT2D eigenvalue weighted by atomic mass is 10.2. The average Bonchev–Trinajstić information content (AvgIpc) is 2.66. The molecule has 1 saturated heterocycles. The lowest BCUT2D eigenvalue weighted by Gasteiger charge is -2.31. The molecule has 8 heteroatoms. The number of amides is 1. The molecule has 0 bridgehead atoms. The molecule has 2 aromatic rings. The van der Waals surface area contributed by atoms with E-state index in [2.05, 4.69) is 5.32 Å². The molecule has 27 heavy (non-hydrogen) atoms. The van der Waals surface area contributed by atoms with E-state index in [0.717, 1.165) is 10.5 Å². The van der Waals surface area contributed by atoms with Crippen molar-refractivity contribution >= 4 is 33.2 Å². The van der Waals surface area contributed by atoms with Crippen molar-refractivity contribution in [2.24, 2.45) is 0 Å². The number of rotatable bonds is 5. The minimum Gasteiger partial charge on any atom is -0.325 e. The van der Waals surface area contributed by atoms with Crippen molar-refractivity contribution in [3.8, 4) is 0 Å². The van der Waals surface area contributed by atoms with E-state index in [9.17, 15) is 13.2 Å². The molecule has 0 atom stereocenters. The van der Waals surface area contributed by atoms with Crippen LogP contribution in [-0.4, -0.2) is 51.4 Å². The Kier molecular flexibility index (Phi) is 6.16. The molecule has 1 aliphatic heterocycles. The van der Waals surface area contributed by atoms with E-state index in [1.165, 1.54) is 4.31 Å². The first-order chi connectivity index (χ1) is 12.9. The highest BCUT2D eigenvalue weighted by molar-refractivity contribution is 7.89. The van der Waals surface area contributed by atoms with Crippen LogP contribution in [0.15, 0.2) is 53.4 Å². The number of piperazine rings is 1. The fourth-order valence-electron chi connectivity index (χ4n) is 3.13. The minimum atomic E-state index is -3.47. The summed E-state index contributed by atoms with van der Waals surface area (Å²) in [5.74, 6) is -0.102. The second kappa shape index (κ2) is 8.39. The number of benzene rings is 2. The fourth-order valence-corrected chi connectivity index (χ4v) is 4.76. The Morgan fingerprint density at radius 3 is 2.44 bits per heavy atom. The van der Waals surface area contributed by atoms with Crippen LogP contribution < -0.4 is 10.2 Å². The zero-order chi connectivity index (χ0) is 19.4. The second-order valence-electron chi connectivity index (χ2n) is 6.60. The molecule has 144 valence electrons. The normalized spacial score (nSPS) is 16.2. The molecular weight excluding hydrogens is 386 g/mol. The quantitative estimate of drug-likeness (QED) is 0.780. The number of sulfonamides is 1. The van der Waals surface area contributed by atoms with Crippen molar-refractivity contribution in [1.82, 2.24) is 4.31 Å². The van der Waals surface area contributed by atoms with E-state index in [1.54, 1.807) is 42.5 Å². The van der Waals surface area contributed by atoms with Crippen LogP contribution in [0.4, 0.5) is 5.69 Å². The lowest BCUT2D eigenvalue weighted by molar-refractivity contribution is -0.895. The predicted molar refractivity (Wildman–Crippen MR) is 106 cm³/mol. The first kappa shape index (κ1) is 19.8. The van der Waals surface area contributed by atoms with Gasteiger partial charge in [0.1, 0.15) is 0 Å². The van der Waals surface area contributed by atoms with E-state index in [4.69, 9.17) is 11.6 Å². The van der Waals surface area contributed by atoms with Gasteiger partial charge in [0.15, 0.2) is 6.54 Å². The molecule has 0 saturated carbocycles. The van der Waals surface area contributed by atoms with Gasteiger partial charge in [0.05, 0.1) is 31.1 Å². The Morgan fingerprint density at radius 2 is 1.78 bits per heavy atom. The van der Waals surface area contributed by atoms with Crippen molar-refractivity contribution in [3.05, 3.63) is 59.1 Å². The molecule has 2 N–H and O–H groups in total. The Morgan fingerprint density at radius 1 is 1.11 bits per heavy atom. The molecule has 1 fully saturated rings. The van der Waals surface area contributed by atoms with Crippen LogP contribution in [0, 0.1) is 6.92 Å². The molecular formula is C19H23ClN3O3S+. The van der Waals surface area contributed by atoms with Gasteiger partial charge in [-0.3, -0.25) is 4.79 Å². The van der Waals surface area contributed by atoms with Crippen LogP contribution in [0.3, 0.4) is 0 Å². The molecule has 6 nitrogen and oxygen atoms in total. The first-order valence-corrected chi connectivity index (χ1v) is 10.6. The number of quaternary nitrogens is 1. The van der Waals surface area contributed by atoms with Gasteiger partial charge in [0.2, 0.25) is 10.0 Å². The van der Waals surface area contributed by atoms with Crippen molar-refractivity contribution in [1.29, 1.82) is 0 Å². The second-order valence-corrected chi connectivity index (χ2v) is 8.95. The monoisotopic (exact) mass is 408 g/mol. The minimum absolute atomic E-state index is 0.102. The van der Waals surface area contributed by atoms with Crippen LogP contribution in [0.25, 0.3) is 0 Å². The predicted octanol–water partition coefficient (Wildman–Crippen LogP) is 1.18. The van der Waals surface area contributed by atoms with Gasteiger partial charge in [0, 0.05) is 10.7 Å². The van der Waals surface area contributed by atoms with Crippen LogP contribution >= 0.6 is 11.6 Å². The standard InChI is InChI=1S/C19H22ClN3O3S/c1-15-17(20)8-5-9-18(15)21-19(24)14-22-10-12-23(13-11-22)27(25,26)16-6-3-2-4-7-16/h2-9H,10-14H2,1H3,(H,21,24)/p+1. The molecule has 0 spiro atoms. The molecule has 0 aromatic heterocycles. The van der Waals surface area contributed by atoms with Crippen LogP contribution in [0.5, 0.6) is 0 Å². The number of carbonyl (C=O) groups excluding carboxylic acids is 1. The molecule has 1 aliphatic rings. The third kappa shape index (κ3) is 4.68. The van der Waals surface area contributed by atoms with Gasteiger partial charge in [-0.15, -0.1) is 0 Å². The molecule has 0 radical (unpaired) electrons. The Labute approximate surface area is 164 Å². The number of nitrogens with one attached hydrogen (secondary N) is 2. The molecule has 0 unspecified atom stereocenters. The molecule has 1 amide bonds. The maximum Gasteiger partial charge on any atom is 0.279 e. The summed E-state index contributed by atoms with van der Waals surface area (Å²) in [6, 6.07) is 13.8. The van der Waals surface area contributed by atoms with Gasteiger partial charge < -0.3 is 10.2 Å². The van der Waals surface area contributed by atoms with Gasteiger partial charge in [-0.1, -0.05) is 35.9 Å². The van der Waals surface area contributed by atoms with Crippen molar-refractivity contribution in [2.45, 2.75) is 11.8 Å². The number of anilines is 1. The average molecular weight is 409 g/mol. The summed E-state index contributed by atoms with van der Waals surface area (Å²) in [6.07, 6.45) is 0. The van der Waals surface area contributed by atoms with Gasteiger partial charge in [-0.05, 0) is 36.8 Å². The smallest absolute Gasteiger partial charge is 0.279 e. The summed E-state index contributed by atoms with van der Waals surface area (Å²) in [5.41, 5.74) is 1.54. The van der Waals surface area contributed by atoms with Crippen molar-refractivity contribution in [2.75, 3.05) is 38.0 Å². The van der Waals surface area contributed by atoms with Crippen molar-refractivity contribution in [3.63, 3.8) is 0 Å². The van der Waals surface area contributed by atoms with E-state index in [-0.39, 0.29) is 5.91 Å². The SMILES string of the molecule is Cc1c(Cl)cccc1NC(=O)C[NH+]1CCN(S(=O)(=O)c2ccccc2)CC1. The van der Waals surface area contributed by atoms with E-state index in [0.29, 0.717) is 48.3 Å². The van der Waals surface area contributed by atoms with E-state index < -0.39 is 10.0 Å². The third-order valence-corrected chi connectivity index (χ3v) is 7.09. The summed E-state index contributed by atoms with van der Waals surface area (Å²) in [4.78, 5) is 13.7. The van der Waals surface area contributed by atoms with Gasteiger partial charge in [-0.2, -0.15) is 4.31 Å². The summed E-state index contributed by atoms with van der Waals surface area (Å²) < 4.78 is 26.8. The number of hydrogen-bond acceptors (Lipinski definition) is 3. The number of carbonyl (C=O) groups is 1. The Hall–Kier alpha value is -1.93. The van der Waals surface area contributed by atoms with Gasteiger partial charge >= 0.3 is 0 Å². The first-order valence-electron chi connectivity index (χ1n) is 8.81. The summed E-state index contributed by atoms with van der Waals surface area (Å²) in [6.45, 7) is 4.14. The third-order valence-electron chi connectivity index (χ3n) is 4.76. The Balaban J connectivity index is 1.55. The molecule has 2 aromatic carbocycles. The van der Waals surface area contributed by atoms with Crippen molar-refractivity contribution < 1.29 is 18.1 Å². The summed E-state index contributed by atoms with van der Waals surface area (Å²) >= 11 is 6.08. The highest BCUT2D eigenvalue weighted by Gasteiger charge is 2.31. The lowest BCUT2D eigenvalue weighted by Crippen LogP contribution is -3.15. The topological polar surface area (TPSA) is 70.9 Å². The Bertz CT molecular complexity index is 911. The zero-order valence-electron chi connectivity index (χ0n) is 15.1. The summed E-state index contributed by atoms with van der Waals surface area (Å²) in [5, 5.41) is 3.50. The highest BCUT2D eigenvalue weighted by atomic mass is 35.5. The maximum absolute atomic E-state index is 12.7. The fraction of sp³-hybridized carbons (Fsp3) is 0.316. The summed E-state index contributed by atoms with van der Waals surface area (Å²) in [7, 11) is -3.47. The van der Waals surface area contributed by atoms with Crippen LogP contribution in [0.2, 0.25) is 5.02 Å². The number of hydrogen-bond donors (Lipinski definition) is 2. The largest absolute Gasteiger partial charge is 0.325 e. The number of nitrogens with zero attached hydrogens (tertiary/aromatic N) is 1. The molecule has 0 aliphatic carbocycles. The van der Waals surface area contributed by atoms with Gasteiger partial charge in [-0.25, -0.2) is 8.42 Å². The zero-order valence-corrected chi connectivity index (χ0v) is 16.7. The molecule has 1 heterocycles. The van der Waals surface area contributed by atoms with E-state index in [1.807, 2.05) is 13.0 Å². The maximum atomic E-state index is 12.7. The van der Waals surface area contributed by atoms with Crippen LogP contribution in [0.1, 0.15) is 5.56 Å².